The van der Waals surface area contributed by atoms with Gasteiger partial charge in [-0.2, -0.15) is 0 Å². The second-order valence-electron chi connectivity index (χ2n) is 3.08. The van der Waals surface area contributed by atoms with Crippen LogP contribution in [0, 0.1) is 0 Å². The summed E-state index contributed by atoms with van der Waals surface area (Å²) in [6, 6.07) is 9.29. The Balaban J connectivity index is 2.23. The summed E-state index contributed by atoms with van der Waals surface area (Å²) in [6.45, 7) is 0. The quantitative estimate of drug-likeness (QED) is 0.796. The van der Waals surface area contributed by atoms with Crippen LogP contribution in [-0.2, 0) is 10.7 Å². The normalized spacial score (nSPS) is 12.3. The van der Waals surface area contributed by atoms with Crippen molar-refractivity contribution in [1.29, 1.82) is 0 Å². The summed E-state index contributed by atoms with van der Waals surface area (Å²) in [6.07, 6.45) is -0.0836. The van der Waals surface area contributed by atoms with Gasteiger partial charge in [-0.15, -0.1) is 20.4 Å². The van der Waals surface area contributed by atoms with Crippen LogP contribution in [0.2, 0.25) is 0 Å². The molecule has 0 spiro atoms. The molecule has 0 bridgehead atoms. The molecular weight excluding hydrogens is 227 g/mol. The monoisotopic (exact) mass is 236 g/mol. The highest BCUT2D eigenvalue weighted by molar-refractivity contribution is 7.37. The molecule has 0 aliphatic carbocycles. The first-order valence-corrected chi connectivity index (χ1v) is 6.15. The van der Waals surface area contributed by atoms with Crippen molar-refractivity contribution in [1.82, 2.24) is 20.4 Å². The summed E-state index contributed by atoms with van der Waals surface area (Å²) in [5.41, 5.74) is 0.811. The van der Waals surface area contributed by atoms with Crippen LogP contribution >= 0.6 is 8.03 Å². The van der Waals surface area contributed by atoms with Crippen LogP contribution in [0.1, 0.15) is 5.82 Å². The first kappa shape index (κ1) is 10.9. The van der Waals surface area contributed by atoms with Crippen molar-refractivity contribution in [2.75, 3.05) is 0 Å². The van der Waals surface area contributed by atoms with E-state index in [2.05, 4.69) is 20.4 Å². The second-order valence-corrected chi connectivity index (χ2v) is 4.22. The number of hydrogen-bond acceptors (Lipinski definition) is 5. The molecule has 0 saturated carbocycles. The first-order chi connectivity index (χ1) is 7.75. The van der Waals surface area contributed by atoms with Crippen molar-refractivity contribution in [2.45, 2.75) is 6.16 Å². The predicted octanol–water partition coefficient (Wildman–Crippen LogP) is 0.901. The minimum atomic E-state index is -2.62. The van der Waals surface area contributed by atoms with Gasteiger partial charge in [-0.3, -0.25) is 4.57 Å². The Kier molecular flexibility index (Phi) is 3.34. The molecule has 1 heterocycles. The average molecular weight is 236 g/mol. The molecule has 1 aromatic carbocycles. The topological polar surface area (TPSA) is 88.9 Å². The van der Waals surface area contributed by atoms with Crippen LogP contribution in [0.25, 0.3) is 11.4 Å². The Morgan fingerprint density at radius 3 is 2.25 bits per heavy atom. The molecule has 7 heteroatoms. The average Bonchev–Trinajstić information content (AvgIpc) is 2.30. The fraction of sp³-hybridized carbons (Fsp3) is 0.111. The van der Waals surface area contributed by atoms with Gasteiger partial charge in [0.15, 0.2) is 13.9 Å². The fourth-order valence-corrected chi connectivity index (χ4v) is 1.57. The molecule has 2 rings (SSSR count). The van der Waals surface area contributed by atoms with Crippen LogP contribution in [0.5, 0.6) is 0 Å². The predicted molar refractivity (Wildman–Crippen MR) is 58.0 cm³/mol. The second kappa shape index (κ2) is 4.92. The summed E-state index contributed by atoms with van der Waals surface area (Å²) >= 11 is 0. The van der Waals surface area contributed by atoms with E-state index in [1.54, 1.807) is 0 Å². The van der Waals surface area contributed by atoms with Crippen LogP contribution in [0.3, 0.4) is 0 Å². The molecule has 1 atom stereocenters. The van der Waals surface area contributed by atoms with Crippen LogP contribution in [0.15, 0.2) is 30.3 Å². The Hall–Kier alpha value is -1.65. The van der Waals surface area contributed by atoms with Gasteiger partial charge in [-0.05, 0) is 0 Å². The van der Waals surface area contributed by atoms with Gasteiger partial charge < -0.3 is 4.89 Å². The standard InChI is InChI=1S/C9H9N4O2P/c14-16(15)6-8-10-12-9(13-11-8)7-4-2-1-3-5-7/h1-5,16H,6H2,(H,14,15). The van der Waals surface area contributed by atoms with Crippen LogP contribution in [0.4, 0.5) is 0 Å². The summed E-state index contributed by atoms with van der Waals surface area (Å²) in [4.78, 5) is 8.70. The van der Waals surface area contributed by atoms with Gasteiger partial charge in [0.2, 0.25) is 5.82 Å². The number of aromatic nitrogens is 4. The maximum atomic E-state index is 10.6. The molecule has 6 nitrogen and oxygen atoms in total. The van der Waals surface area contributed by atoms with E-state index in [0.717, 1.165) is 5.56 Å². The van der Waals surface area contributed by atoms with Crippen molar-refractivity contribution >= 4 is 8.03 Å². The van der Waals surface area contributed by atoms with E-state index in [9.17, 15) is 4.57 Å². The minimum Gasteiger partial charge on any atom is -0.346 e. The van der Waals surface area contributed by atoms with Crippen molar-refractivity contribution < 1.29 is 9.46 Å². The van der Waals surface area contributed by atoms with Crippen molar-refractivity contribution in [3.05, 3.63) is 36.2 Å². The third kappa shape index (κ3) is 2.68. The minimum absolute atomic E-state index is 0.0836. The fourth-order valence-electron chi connectivity index (χ4n) is 1.16. The molecule has 0 radical (unpaired) electrons. The molecule has 0 aliphatic heterocycles. The molecular formula is C9H9N4O2P. The molecule has 2 aromatic rings. The zero-order valence-corrected chi connectivity index (χ0v) is 9.24. The lowest BCUT2D eigenvalue weighted by atomic mass is 10.2. The zero-order chi connectivity index (χ0) is 11.4. The number of benzene rings is 1. The van der Waals surface area contributed by atoms with Gasteiger partial charge in [0.25, 0.3) is 0 Å². The maximum Gasteiger partial charge on any atom is 0.203 e. The van der Waals surface area contributed by atoms with Crippen LogP contribution in [-0.4, -0.2) is 25.3 Å². The molecule has 0 aliphatic rings. The van der Waals surface area contributed by atoms with Crippen molar-refractivity contribution in [3.63, 3.8) is 0 Å². The van der Waals surface area contributed by atoms with Crippen molar-refractivity contribution in [2.24, 2.45) is 0 Å². The highest BCUT2D eigenvalue weighted by Gasteiger charge is 2.05. The van der Waals surface area contributed by atoms with E-state index in [1.807, 2.05) is 30.3 Å². The van der Waals surface area contributed by atoms with E-state index in [-0.39, 0.29) is 12.0 Å². The Morgan fingerprint density at radius 2 is 1.69 bits per heavy atom. The van der Waals surface area contributed by atoms with Gasteiger partial charge in [-0.25, -0.2) is 0 Å². The lowest BCUT2D eigenvalue weighted by Crippen LogP contribution is -2.01. The largest absolute Gasteiger partial charge is 0.346 e. The number of rotatable bonds is 3. The van der Waals surface area contributed by atoms with E-state index >= 15 is 0 Å². The molecule has 1 unspecified atom stereocenters. The summed E-state index contributed by atoms with van der Waals surface area (Å²) in [7, 11) is -2.62. The molecule has 0 saturated heterocycles. The van der Waals surface area contributed by atoms with Gasteiger partial charge in [0.1, 0.15) is 0 Å². The molecule has 16 heavy (non-hydrogen) atoms. The number of nitrogens with zero attached hydrogens (tertiary/aromatic N) is 4. The first-order valence-electron chi connectivity index (χ1n) is 4.59. The smallest absolute Gasteiger partial charge is 0.203 e. The van der Waals surface area contributed by atoms with Gasteiger partial charge in [0.05, 0.1) is 6.16 Å². The van der Waals surface area contributed by atoms with E-state index in [1.165, 1.54) is 0 Å². The SMILES string of the molecule is O=[PH](O)Cc1nnc(-c2ccccc2)nn1. The molecule has 1 aromatic heterocycles. The summed E-state index contributed by atoms with van der Waals surface area (Å²) in [5, 5.41) is 15.2. The third-order valence-electron chi connectivity index (χ3n) is 1.86. The van der Waals surface area contributed by atoms with E-state index in [4.69, 9.17) is 4.89 Å². The van der Waals surface area contributed by atoms with Gasteiger partial charge in [-0.1, -0.05) is 30.3 Å². The summed E-state index contributed by atoms with van der Waals surface area (Å²) in [5.74, 6) is 0.591. The number of hydrogen-bond donors (Lipinski definition) is 1. The third-order valence-corrected chi connectivity index (χ3v) is 2.48. The van der Waals surface area contributed by atoms with Gasteiger partial charge in [0, 0.05) is 5.56 Å². The molecule has 1 N–H and O–H groups in total. The van der Waals surface area contributed by atoms with Crippen molar-refractivity contribution in [3.8, 4) is 11.4 Å². The molecule has 0 amide bonds. The molecule has 0 fully saturated rings. The zero-order valence-electron chi connectivity index (χ0n) is 8.24. The Labute approximate surface area is 92.3 Å². The van der Waals surface area contributed by atoms with E-state index in [0.29, 0.717) is 5.82 Å². The van der Waals surface area contributed by atoms with Crippen LogP contribution < -0.4 is 0 Å². The Bertz CT molecular complexity index is 489. The maximum absolute atomic E-state index is 10.6. The molecule has 82 valence electrons. The van der Waals surface area contributed by atoms with E-state index < -0.39 is 8.03 Å². The Morgan fingerprint density at radius 1 is 1.06 bits per heavy atom. The lowest BCUT2D eigenvalue weighted by molar-refractivity contribution is 0.500. The lowest BCUT2D eigenvalue weighted by Gasteiger charge is -1.98. The highest BCUT2D eigenvalue weighted by Crippen LogP contribution is 2.18. The summed E-state index contributed by atoms with van der Waals surface area (Å²) < 4.78 is 10.6. The van der Waals surface area contributed by atoms with Gasteiger partial charge >= 0.3 is 0 Å². The highest BCUT2D eigenvalue weighted by atomic mass is 31.1.